The number of hydrogen-bond acceptors (Lipinski definition) is 3. The van der Waals surface area contributed by atoms with Crippen LogP contribution in [0, 0.1) is 17.3 Å². The van der Waals surface area contributed by atoms with Crippen LogP contribution in [-0.2, 0) is 4.79 Å². The number of carbonyl (C=O) groups excluding carboxylic acids is 1. The second-order valence-electron chi connectivity index (χ2n) is 6.04. The van der Waals surface area contributed by atoms with Crippen molar-refractivity contribution in [3.05, 3.63) is 0 Å². The summed E-state index contributed by atoms with van der Waals surface area (Å²) in [6.07, 6.45) is 2.46. The molecular weight excluding hydrogens is 216 g/mol. The maximum Gasteiger partial charge on any atom is 0.230 e. The number of nitrogens with two attached hydrogens (primary N) is 1. The minimum absolute atomic E-state index is 0.223. The Morgan fingerprint density at radius 1 is 1.59 bits per heavy atom. The third-order valence-corrected chi connectivity index (χ3v) is 4.52. The van der Waals surface area contributed by atoms with Gasteiger partial charge in [-0.25, -0.2) is 0 Å². The van der Waals surface area contributed by atoms with Gasteiger partial charge >= 0.3 is 0 Å². The Balaban J connectivity index is 1.97. The zero-order valence-electron chi connectivity index (χ0n) is 10.9. The first-order valence-electron chi connectivity index (χ1n) is 6.66. The predicted octanol–water partition coefficient (Wildman–Crippen LogP) is 0.591. The van der Waals surface area contributed by atoms with Gasteiger partial charge in [-0.2, -0.15) is 0 Å². The molecule has 0 radical (unpaired) electrons. The van der Waals surface area contributed by atoms with Crippen molar-refractivity contribution in [2.45, 2.75) is 39.2 Å². The second-order valence-corrected chi connectivity index (χ2v) is 6.04. The van der Waals surface area contributed by atoms with Crippen LogP contribution >= 0.6 is 0 Å². The van der Waals surface area contributed by atoms with Crippen LogP contribution < -0.4 is 5.73 Å². The summed E-state index contributed by atoms with van der Waals surface area (Å²) in [5.41, 5.74) is 5.51. The molecule has 1 heterocycles. The molecule has 17 heavy (non-hydrogen) atoms. The quantitative estimate of drug-likeness (QED) is 0.759. The van der Waals surface area contributed by atoms with E-state index in [9.17, 15) is 9.90 Å². The van der Waals surface area contributed by atoms with Crippen molar-refractivity contribution in [3.63, 3.8) is 0 Å². The van der Waals surface area contributed by atoms with E-state index >= 15 is 0 Å². The van der Waals surface area contributed by atoms with Gasteiger partial charge in [-0.3, -0.25) is 4.79 Å². The lowest BCUT2D eigenvalue weighted by Gasteiger charge is -2.46. The molecule has 2 unspecified atom stereocenters. The topological polar surface area (TPSA) is 66.6 Å². The van der Waals surface area contributed by atoms with Crippen molar-refractivity contribution in [1.29, 1.82) is 0 Å². The van der Waals surface area contributed by atoms with Gasteiger partial charge in [-0.15, -0.1) is 0 Å². The summed E-state index contributed by atoms with van der Waals surface area (Å²) in [4.78, 5) is 14.4. The number of carbonyl (C=O) groups is 1. The van der Waals surface area contributed by atoms with Crippen molar-refractivity contribution in [1.82, 2.24) is 4.90 Å². The molecule has 98 valence electrons. The Bertz CT molecular complexity index is 298. The third kappa shape index (κ3) is 2.20. The molecule has 4 heteroatoms. The molecule has 3 N–H and O–H groups in total. The minimum atomic E-state index is -0.318. The lowest BCUT2D eigenvalue weighted by molar-refractivity contribution is -0.148. The molecular formula is C13H24N2O2. The number of rotatable bonds is 3. The molecule has 4 nitrogen and oxygen atoms in total. The van der Waals surface area contributed by atoms with E-state index in [1.807, 2.05) is 11.8 Å². The van der Waals surface area contributed by atoms with Crippen LogP contribution in [0.5, 0.6) is 0 Å². The van der Waals surface area contributed by atoms with E-state index in [-0.39, 0.29) is 23.3 Å². The Hall–Kier alpha value is -0.610. The number of hydrogen-bond donors (Lipinski definition) is 2. The predicted molar refractivity (Wildman–Crippen MR) is 66.3 cm³/mol. The molecule has 0 bridgehead atoms. The van der Waals surface area contributed by atoms with E-state index in [2.05, 4.69) is 6.92 Å². The SMILES string of the molecule is CC1CC(CN)(C(=O)N2CCC(C(C)O)C2)C1. The molecule has 2 fully saturated rings. The minimum Gasteiger partial charge on any atom is -0.393 e. The van der Waals surface area contributed by atoms with E-state index in [1.165, 1.54) is 0 Å². The zero-order chi connectivity index (χ0) is 12.6. The van der Waals surface area contributed by atoms with Gasteiger partial charge in [-0.05, 0) is 32.1 Å². The third-order valence-electron chi connectivity index (χ3n) is 4.52. The summed E-state index contributed by atoms with van der Waals surface area (Å²) in [6.45, 7) is 5.93. The largest absolute Gasteiger partial charge is 0.393 e. The van der Waals surface area contributed by atoms with E-state index in [1.54, 1.807) is 0 Å². The zero-order valence-corrected chi connectivity index (χ0v) is 10.9. The van der Waals surface area contributed by atoms with Crippen LogP contribution in [0.2, 0.25) is 0 Å². The highest BCUT2D eigenvalue weighted by Gasteiger charge is 2.49. The van der Waals surface area contributed by atoms with Gasteiger partial charge in [0.15, 0.2) is 0 Å². The van der Waals surface area contributed by atoms with Crippen molar-refractivity contribution >= 4 is 5.91 Å². The highest BCUT2D eigenvalue weighted by molar-refractivity contribution is 5.84. The Morgan fingerprint density at radius 3 is 2.65 bits per heavy atom. The van der Waals surface area contributed by atoms with Gasteiger partial charge in [0.1, 0.15) is 0 Å². The van der Waals surface area contributed by atoms with Crippen LogP contribution in [0.1, 0.15) is 33.1 Å². The first-order valence-corrected chi connectivity index (χ1v) is 6.66. The molecule has 1 amide bonds. The highest BCUT2D eigenvalue weighted by Crippen LogP contribution is 2.46. The van der Waals surface area contributed by atoms with Gasteiger partial charge in [0, 0.05) is 25.6 Å². The molecule has 0 spiro atoms. The molecule has 1 aliphatic carbocycles. The fourth-order valence-electron chi connectivity index (χ4n) is 3.40. The van der Waals surface area contributed by atoms with Crippen LogP contribution in [0.25, 0.3) is 0 Å². The first-order chi connectivity index (χ1) is 7.98. The summed E-state index contributed by atoms with van der Waals surface area (Å²) < 4.78 is 0. The van der Waals surface area contributed by atoms with Gasteiger partial charge in [0.2, 0.25) is 5.91 Å². The number of aliphatic hydroxyl groups is 1. The maximum absolute atomic E-state index is 12.5. The van der Waals surface area contributed by atoms with E-state index < -0.39 is 0 Å². The number of likely N-dealkylation sites (tertiary alicyclic amines) is 1. The number of aliphatic hydroxyl groups excluding tert-OH is 1. The molecule has 0 aromatic rings. The molecule has 1 saturated heterocycles. The number of nitrogens with zero attached hydrogens (tertiary/aromatic N) is 1. The standard InChI is InChI=1S/C13H24N2O2/c1-9-5-13(6-9,8-14)12(17)15-4-3-11(7-15)10(2)16/h9-11,16H,3-8,14H2,1-2H3. The van der Waals surface area contributed by atoms with Crippen molar-refractivity contribution in [2.24, 2.45) is 23.0 Å². The van der Waals surface area contributed by atoms with Crippen LogP contribution in [0.15, 0.2) is 0 Å². The maximum atomic E-state index is 12.5. The van der Waals surface area contributed by atoms with Gasteiger partial charge in [0.25, 0.3) is 0 Å². The molecule has 0 aromatic heterocycles. The van der Waals surface area contributed by atoms with Crippen LogP contribution in [-0.4, -0.2) is 41.7 Å². The van der Waals surface area contributed by atoms with E-state index in [0.29, 0.717) is 19.0 Å². The van der Waals surface area contributed by atoms with E-state index in [0.717, 1.165) is 25.8 Å². The summed E-state index contributed by atoms with van der Waals surface area (Å²) in [5, 5.41) is 9.56. The fraction of sp³-hybridized carbons (Fsp3) is 0.923. The van der Waals surface area contributed by atoms with Gasteiger partial charge < -0.3 is 15.7 Å². The summed E-state index contributed by atoms with van der Waals surface area (Å²) >= 11 is 0. The van der Waals surface area contributed by atoms with Crippen molar-refractivity contribution < 1.29 is 9.90 Å². The molecule has 1 aliphatic heterocycles. The van der Waals surface area contributed by atoms with Crippen LogP contribution in [0.3, 0.4) is 0 Å². The average Bonchev–Trinajstić information content (AvgIpc) is 2.72. The second kappa shape index (κ2) is 4.58. The van der Waals surface area contributed by atoms with E-state index in [4.69, 9.17) is 5.73 Å². The highest BCUT2D eigenvalue weighted by atomic mass is 16.3. The first kappa shape index (κ1) is 12.8. The molecule has 2 aliphatic rings. The van der Waals surface area contributed by atoms with Gasteiger partial charge in [-0.1, -0.05) is 6.92 Å². The molecule has 0 aromatic carbocycles. The van der Waals surface area contributed by atoms with Crippen molar-refractivity contribution in [3.8, 4) is 0 Å². The Morgan fingerprint density at radius 2 is 2.24 bits per heavy atom. The fourth-order valence-corrected chi connectivity index (χ4v) is 3.40. The molecule has 2 atom stereocenters. The monoisotopic (exact) mass is 240 g/mol. The lowest BCUT2D eigenvalue weighted by atomic mass is 9.62. The number of amides is 1. The normalized spacial score (nSPS) is 38.9. The Labute approximate surface area is 103 Å². The average molecular weight is 240 g/mol. The lowest BCUT2D eigenvalue weighted by Crippen LogP contribution is -2.54. The summed E-state index contributed by atoms with van der Waals surface area (Å²) in [5.74, 6) is 1.09. The summed E-state index contributed by atoms with van der Waals surface area (Å²) in [7, 11) is 0. The van der Waals surface area contributed by atoms with Crippen molar-refractivity contribution in [2.75, 3.05) is 19.6 Å². The smallest absolute Gasteiger partial charge is 0.230 e. The molecule has 2 rings (SSSR count). The Kier molecular flexibility index (Phi) is 3.46. The van der Waals surface area contributed by atoms with Gasteiger partial charge in [0.05, 0.1) is 11.5 Å². The van der Waals surface area contributed by atoms with Crippen LogP contribution in [0.4, 0.5) is 0 Å². The molecule has 1 saturated carbocycles. The summed E-state index contributed by atoms with van der Waals surface area (Å²) in [6, 6.07) is 0.